The number of fused-ring (bicyclic) bond motifs is 1. The molecule has 2 amide bonds. The Hall–Kier alpha value is -1.10. The first-order valence-electron chi connectivity index (χ1n) is 9.34. The lowest BCUT2D eigenvalue weighted by atomic mass is 9.75. The van der Waals surface area contributed by atoms with Gasteiger partial charge in [-0.1, -0.05) is 6.92 Å². The molecule has 0 aromatic heterocycles. The number of rotatable bonds is 3. The smallest absolute Gasteiger partial charge is 0.249 e. The number of likely N-dealkylation sites (tertiary alicyclic amines) is 1. The highest BCUT2D eigenvalue weighted by Crippen LogP contribution is 2.38. The summed E-state index contributed by atoms with van der Waals surface area (Å²) in [6.07, 6.45) is 7.07. The third kappa shape index (κ3) is 3.00. The Balaban J connectivity index is 1.29. The Morgan fingerprint density at radius 2 is 1.91 bits per heavy atom. The van der Waals surface area contributed by atoms with Crippen LogP contribution < -0.4 is 5.32 Å². The van der Waals surface area contributed by atoms with Crippen molar-refractivity contribution < 1.29 is 14.3 Å². The SMILES string of the molecule is CC1CC(C(=O)N2CC[C@H]3CC(C(=O)NC4CCC4)O[C@H]3C2)C1. The van der Waals surface area contributed by atoms with E-state index in [1.807, 2.05) is 4.90 Å². The van der Waals surface area contributed by atoms with Gasteiger partial charge in [0.1, 0.15) is 6.10 Å². The Labute approximate surface area is 138 Å². The predicted octanol–water partition coefficient (Wildman–Crippen LogP) is 1.71. The van der Waals surface area contributed by atoms with E-state index in [9.17, 15) is 9.59 Å². The molecule has 1 N–H and O–H groups in total. The molecule has 2 saturated heterocycles. The standard InChI is InChI=1S/C18H28N2O3/c1-11-7-13(8-11)18(22)20-6-5-12-9-15(23-16(12)10-20)17(21)19-14-3-2-4-14/h11-16H,2-10H2,1H3,(H,19,21)/t11?,12-,13?,15?,16-/m0/s1. The van der Waals surface area contributed by atoms with Crippen LogP contribution in [0.3, 0.4) is 0 Å². The molecule has 2 saturated carbocycles. The third-order valence-electron chi connectivity index (χ3n) is 6.33. The molecule has 2 aliphatic heterocycles. The van der Waals surface area contributed by atoms with Gasteiger partial charge in [-0.25, -0.2) is 0 Å². The van der Waals surface area contributed by atoms with E-state index >= 15 is 0 Å². The zero-order valence-electron chi connectivity index (χ0n) is 14.0. The summed E-state index contributed by atoms with van der Waals surface area (Å²) < 4.78 is 6.02. The second-order valence-electron chi connectivity index (χ2n) is 8.14. The zero-order valence-corrected chi connectivity index (χ0v) is 14.0. The van der Waals surface area contributed by atoms with Crippen LogP contribution in [0.4, 0.5) is 0 Å². The molecule has 1 unspecified atom stereocenters. The number of hydrogen-bond acceptors (Lipinski definition) is 3. The average molecular weight is 320 g/mol. The lowest BCUT2D eigenvalue weighted by molar-refractivity contribution is -0.145. The minimum absolute atomic E-state index is 0.0577. The van der Waals surface area contributed by atoms with Crippen molar-refractivity contribution in [2.24, 2.45) is 17.8 Å². The normalized spacial score (nSPS) is 40.0. The molecule has 0 spiro atoms. The molecular formula is C18H28N2O3. The number of carbonyl (C=O) groups excluding carboxylic acids is 2. The number of piperidine rings is 1. The molecule has 4 aliphatic rings. The summed E-state index contributed by atoms with van der Waals surface area (Å²) in [6, 6.07) is 0.368. The van der Waals surface area contributed by atoms with Crippen molar-refractivity contribution in [2.75, 3.05) is 13.1 Å². The van der Waals surface area contributed by atoms with Crippen LogP contribution in [0.5, 0.6) is 0 Å². The maximum absolute atomic E-state index is 12.5. The van der Waals surface area contributed by atoms with Crippen LogP contribution in [-0.4, -0.2) is 48.1 Å². The van der Waals surface area contributed by atoms with Crippen molar-refractivity contribution in [3.63, 3.8) is 0 Å². The van der Waals surface area contributed by atoms with Gasteiger partial charge >= 0.3 is 0 Å². The molecule has 0 bridgehead atoms. The fraction of sp³-hybridized carbons (Fsp3) is 0.889. The highest BCUT2D eigenvalue weighted by Gasteiger charge is 2.44. The highest BCUT2D eigenvalue weighted by molar-refractivity contribution is 5.82. The predicted molar refractivity (Wildman–Crippen MR) is 85.6 cm³/mol. The zero-order chi connectivity index (χ0) is 16.0. The molecule has 4 rings (SSSR count). The molecule has 5 heteroatoms. The lowest BCUT2D eigenvalue weighted by Crippen LogP contribution is -2.49. The van der Waals surface area contributed by atoms with Crippen molar-refractivity contribution in [3.8, 4) is 0 Å². The molecular weight excluding hydrogens is 292 g/mol. The topological polar surface area (TPSA) is 58.6 Å². The molecule has 0 aromatic carbocycles. The Bertz CT molecular complexity index is 485. The molecule has 0 radical (unpaired) electrons. The van der Waals surface area contributed by atoms with Gasteiger partial charge in [-0.15, -0.1) is 0 Å². The minimum Gasteiger partial charge on any atom is -0.363 e. The second kappa shape index (κ2) is 6.08. The van der Waals surface area contributed by atoms with Gasteiger partial charge < -0.3 is 15.0 Å². The van der Waals surface area contributed by atoms with E-state index < -0.39 is 0 Å². The summed E-state index contributed by atoms with van der Waals surface area (Å²) in [5.41, 5.74) is 0. The first kappa shape index (κ1) is 15.4. The van der Waals surface area contributed by atoms with Gasteiger partial charge in [0.25, 0.3) is 0 Å². The summed E-state index contributed by atoms with van der Waals surface area (Å²) in [5.74, 6) is 1.75. The van der Waals surface area contributed by atoms with Crippen LogP contribution in [-0.2, 0) is 14.3 Å². The number of carbonyl (C=O) groups is 2. The van der Waals surface area contributed by atoms with E-state index in [2.05, 4.69) is 12.2 Å². The van der Waals surface area contributed by atoms with E-state index in [1.54, 1.807) is 0 Å². The minimum atomic E-state index is -0.302. The van der Waals surface area contributed by atoms with Gasteiger partial charge in [0.2, 0.25) is 11.8 Å². The van der Waals surface area contributed by atoms with Gasteiger partial charge in [0, 0.05) is 25.0 Å². The summed E-state index contributed by atoms with van der Waals surface area (Å²) >= 11 is 0. The van der Waals surface area contributed by atoms with Crippen LogP contribution in [0.2, 0.25) is 0 Å². The first-order valence-corrected chi connectivity index (χ1v) is 9.34. The van der Waals surface area contributed by atoms with E-state index in [-0.39, 0.29) is 24.0 Å². The number of hydrogen-bond donors (Lipinski definition) is 1. The van der Waals surface area contributed by atoms with Crippen LogP contribution in [0.25, 0.3) is 0 Å². The Kier molecular flexibility index (Phi) is 4.08. The van der Waals surface area contributed by atoms with Gasteiger partial charge in [-0.3, -0.25) is 9.59 Å². The maximum Gasteiger partial charge on any atom is 0.249 e. The van der Waals surface area contributed by atoms with Crippen LogP contribution >= 0.6 is 0 Å². The molecule has 23 heavy (non-hydrogen) atoms. The molecule has 3 atom stereocenters. The van der Waals surface area contributed by atoms with Gasteiger partial charge in [0.15, 0.2) is 0 Å². The van der Waals surface area contributed by atoms with Crippen molar-refractivity contribution in [1.29, 1.82) is 0 Å². The summed E-state index contributed by atoms with van der Waals surface area (Å²) in [4.78, 5) is 26.8. The second-order valence-corrected chi connectivity index (χ2v) is 8.14. The molecule has 5 nitrogen and oxygen atoms in total. The molecule has 128 valence electrons. The summed E-state index contributed by atoms with van der Waals surface area (Å²) in [6.45, 7) is 3.73. The van der Waals surface area contributed by atoms with E-state index in [1.165, 1.54) is 6.42 Å². The van der Waals surface area contributed by atoms with Crippen LogP contribution in [0, 0.1) is 17.8 Å². The summed E-state index contributed by atoms with van der Waals surface area (Å²) in [5, 5.41) is 3.10. The first-order chi connectivity index (χ1) is 11.1. The van der Waals surface area contributed by atoms with E-state index in [0.29, 0.717) is 30.3 Å². The number of nitrogens with zero attached hydrogens (tertiary/aromatic N) is 1. The van der Waals surface area contributed by atoms with E-state index in [0.717, 1.165) is 45.1 Å². The Morgan fingerprint density at radius 3 is 2.57 bits per heavy atom. The quantitative estimate of drug-likeness (QED) is 0.861. The summed E-state index contributed by atoms with van der Waals surface area (Å²) in [7, 11) is 0. The van der Waals surface area contributed by atoms with Gasteiger partial charge in [0.05, 0.1) is 6.10 Å². The largest absolute Gasteiger partial charge is 0.363 e. The van der Waals surface area contributed by atoms with Crippen LogP contribution in [0.15, 0.2) is 0 Å². The van der Waals surface area contributed by atoms with E-state index in [4.69, 9.17) is 4.74 Å². The van der Waals surface area contributed by atoms with Crippen molar-refractivity contribution >= 4 is 11.8 Å². The molecule has 4 fully saturated rings. The van der Waals surface area contributed by atoms with Gasteiger partial charge in [-0.05, 0) is 56.8 Å². The van der Waals surface area contributed by atoms with Crippen molar-refractivity contribution in [2.45, 2.75) is 70.1 Å². The fourth-order valence-electron chi connectivity index (χ4n) is 4.51. The monoisotopic (exact) mass is 320 g/mol. The fourth-order valence-corrected chi connectivity index (χ4v) is 4.51. The molecule has 2 aliphatic carbocycles. The Morgan fingerprint density at radius 1 is 1.13 bits per heavy atom. The third-order valence-corrected chi connectivity index (χ3v) is 6.33. The lowest BCUT2D eigenvalue weighted by Gasteiger charge is -2.40. The van der Waals surface area contributed by atoms with Crippen molar-refractivity contribution in [3.05, 3.63) is 0 Å². The number of nitrogens with one attached hydrogen (secondary N) is 1. The highest BCUT2D eigenvalue weighted by atomic mass is 16.5. The van der Waals surface area contributed by atoms with Crippen molar-refractivity contribution in [1.82, 2.24) is 10.2 Å². The molecule has 0 aromatic rings. The maximum atomic E-state index is 12.5. The number of amides is 2. The number of ether oxygens (including phenoxy) is 1. The average Bonchev–Trinajstić information content (AvgIpc) is 2.90. The van der Waals surface area contributed by atoms with Crippen LogP contribution in [0.1, 0.15) is 51.9 Å². The molecule has 2 heterocycles. The van der Waals surface area contributed by atoms with Gasteiger partial charge in [-0.2, -0.15) is 0 Å².